The topological polar surface area (TPSA) is 48.3 Å². The average molecular weight is 311 g/mol. The van der Waals surface area contributed by atoms with Gasteiger partial charge in [-0.25, -0.2) is 4.79 Å². The number of ketones is 1. The second kappa shape index (κ2) is 6.41. The molecule has 1 aromatic heterocycles. The molecule has 0 fully saturated rings. The number of esters is 1. The van der Waals surface area contributed by atoms with Gasteiger partial charge in [0.15, 0.2) is 5.78 Å². The van der Waals surface area contributed by atoms with Crippen molar-refractivity contribution in [2.75, 3.05) is 6.61 Å². The molecule has 0 atom stereocenters. The van der Waals surface area contributed by atoms with Crippen molar-refractivity contribution >= 4 is 11.8 Å². The van der Waals surface area contributed by atoms with Crippen molar-refractivity contribution in [2.45, 2.75) is 39.7 Å². The first kappa shape index (κ1) is 15.5. The van der Waals surface area contributed by atoms with Gasteiger partial charge in [-0.05, 0) is 43.9 Å². The smallest absolute Gasteiger partial charge is 0.354 e. The molecule has 0 spiro atoms. The van der Waals surface area contributed by atoms with E-state index in [1.807, 2.05) is 41.8 Å². The van der Waals surface area contributed by atoms with E-state index in [2.05, 4.69) is 0 Å². The maximum atomic E-state index is 12.4. The summed E-state index contributed by atoms with van der Waals surface area (Å²) in [7, 11) is 0. The number of aryl methyl sites for hydroxylation is 2. The van der Waals surface area contributed by atoms with Gasteiger partial charge in [0.1, 0.15) is 5.69 Å². The zero-order chi connectivity index (χ0) is 16.4. The molecule has 0 radical (unpaired) electrons. The highest BCUT2D eigenvalue weighted by molar-refractivity contribution is 6.00. The fourth-order valence-corrected chi connectivity index (χ4v) is 3.10. The molecule has 4 nitrogen and oxygen atoms in total. The summed E-state index contributed by atoms with van der Waals surface area (Å²) >= 11 is 0. The van der Waals surface area contributed by atoms with Crippen molar-refractivity contribution in [1.29, 1.82) is 0 Å². The van der Waals surface area contributed by atoms with Gasteiger partial charge in [0, 0.05) is 13.0 Å². The number of Topliss-reactive ketones (excluding diaryl/α,β-unsaturated/α-hetero) is 1. The van der Waals surface area contributed by atoms with E-state index in [0.717, 1.165) is 24.0 Å². The van der Waals surface area contributed by atoms with Crippen LogP contribution in [-0.4, -0.2) is 22.9 Å². The Bertz CT molecular complexity index is 741. The molecule has 1 aliphatic carbocycles. The Balaban J connectivity index is 2.04. The van der Waals surface area contributed by atoms with E-state index in [4.69, 9.17) is 4.74 Å². The van der Waals surface area contributed by atoms with Crippen molar-refractivity contribution in [3.8, 4) is 0 Å². The number of hydrogen-bond acceptors (Lipinski definition) is 3. The van der Waals surface area contributed by atoms with Gasteiger partial charge >= 0.3 is 5.97 Å². The minimum atomic E-state index is -0.359. The van der Waals surface area contributed by atoms with Crippen LogP contribution in [0, 0.1) is 6.92 Å². The summed E-state index contributed by atoms with van der Waals surface area (Å²) in [4.78, 5) is 24.7. The standard InChI is InChI=1S/C19H21NO3/c1-3-23-19(22)16-11-15-5-4-6-17(21)18(15)20(16)12-14-9-7-13(2)8-10-14/h7-11H,3-6,12H2,1-2H3. The maximum absolute atomic E-state index is 12.4. The quantitative estimate of drug-likeness (QED) is 0.811. The Kier molecular flexibility index (Phi) is 4.33. The SMILES string of the molecule is CCOC(=O)c1cc2c(n1Cc1ccc(C)cc1)C(=O)CCC2. The number of hydrogen-bond donors (Lipinski definition) is 0. The van der Waals surface area contributed by atoms with Crippen LogP contribution >= 0.6 is 0 Å². The first-order valence-corrected chi connectivity index (χ1v) is 8.08. The lowest BCUT2D eigenvalue weighted by Gasteiger charge is -2.16. The predicted molar refractivity (Wildman–Crippen MR) is 87.9 cm³/mol. The van der Waals surface area contributed by atoms with Crippen molar-refractivity contribution in [3.63, 3.8) is 0 Å². The Labute approximate surface area is 136 Å². The van der Waals surface area contributed by atoms with Crippen LogP contribution in [0.15, 0.2) is 30.3 Å². The Hall–Kier alpha value is -2.36. The molecule has 4 heteroatoms. The highest BCUT2D eigenvalue weighted by Gasteiger charge is 2.27. The molecule has 0 saturated carbocycles. The minimum Gasteiger partial charge on any atom is -0.461 e. The molecule has 120 valence electrons. The van der Waals surface area contributed by atoms with Crippen molar-refractivity contribution in [2.24, 2.45) is 0 Å². The maximum Gasteiger partial charge on any atom is 0.354 e. The van der Waals surface area contributed by atoms with Gasteiger partial charge in [-0.3, -0.25) is 4.79 Å². The molecule has 3 rings (SSSR count). The number of carbonyl (C=O) groups excluding carboxylic acids is 2. The summed E-state index contributed by atoms with van der Waals surface area (Å²) in [6.07, 6.45) is 2.24. The van der Waals surface area contributed by atoms with Crippen LogP contribution in [-0.2, 0) is 17.7 Å². The van der Waals surface area contributed by atoms with Crippen LogP contribution in [0.25, 0.3) is 0 Å². The van der Waals surface area contributed by atoms with Crippen molar-refractivity contribution < 1.29 is 14.3 Å². The van der Waals surface area contributed by atoms with E-state index in [-0.39, 0.29) is 11.8 Å². The first-order valence-electron chi connectivity index (χ1n) is 8.08. The molecule has 1 heterocycles. The zero-order valence-electron chi connectivity index (χ0n) is 13.6. The summed E-state index contributed by atoms with van der Waals surface area (Å²) in [5.41, 5.74) is 4.38. The molecule has 0 saturated heterocycles. The van der Waals surface area contributed by atoms with E-state index < -0.39 is 0 Å². The second-order valence-electron chi connectivity index (χ2n) is 5.97. The Morgan fingerprint density at radius 3 is 2.65 bits per heavy atom. The monoisotopic (exact) mass is 311 g/mol. The van der Waals surface area contributed by atoms with Gasteiger partial charge in [-0.2, -0.15) is 0 Å². The lowest BCUT2D eigenvalue weighted by atomic mass is 9.97. The van der Waals surface area contributed by atoms with Gasteiger partial charge in [-0.15, -0.1) is 0 Å². The molecule has 0 N–H and O–H groups in total. The number of rotatable bonds is 4. The summed E-state index contributed by atoms with van der Waals surface area (Å²) in [5, 5.41) is 0. The Morgan fingerprint density at radius 2 is 1.96 bits per heavy atom. The summed E-state index contributed by atoms with van der Waals surface area (Å²) in [5.74, 6) is -0.240. The lowest BCUT2D eigenvalue weighted by molar-refractivity contribution is 0.0514. The van der Waals surface area contributed by atoms with Crippen LogP contribution in [0.3, 0.4) is 0 Å². The van der Waals surface area contributed by atoms with Crippen LogP contribution in [0.4, 0.5) is 0 Å². The average Bonchev–Trinajstić information content (AvgIpc) is 2.90. The van der Waals surface area contributed by atoms with Crippen LogP contribution in [0.5, 0.6) is 0 Å². The third-order valence-electron chi connectivity index (χ3n) is 4.24. The molecule has 0 bridgehead atoms. The highest BCUT2D eigenvalue weighted by Crippen LogP contribution is 2.27. The fraction of sp³-hybridized carbons (Fsp3) is 0.368. The van der Waals surface area contributed by atoms with Crippen LogP contribution in [0.2, 0.25) is 0 Å². The predicted octanol–water partition coefficient (Wildman–Crippen LogP) is 3.54. The van der Waals surface area contributed by atoms with Crippen molar-refractivity contribution in [1.82, 2.24) is 4.57 Å². The third kappa shape index (κ3) is 3.07. The molecule has 23 heavy (non-hydrogen) atoms. The van der Waals surface area contributed by atoms with Gasteiger partial charge in [0.25, 0.3) is 0 Å². The lowest BCUT2D eigenvalue weighted by Crippen LogP contribution is -2.19. The van der Waals surface area contributed by atoms with Gasteiger partial charge in [0.2, 0.25) is 0 Å². The fourth-order valence-electron chi connectivity index (χ4n) is 3.10. The van der Waals surface area contributed by atoms with Crippen molar-refractivity contribution in [3.05, 3.63) is 58.4 Å². The van der Waals surface area contributed by atoms with Gasteiger partial charge < -0.3 is 9.30 Å². The van der Waals surface area contributed by atoms with E-state index >= 15 is 0 Å². The first-order chi connectivity index (χ1) is 11.1. The molecule has 0 aliphatic heterocycles. The number of ether oxygens (including phenoxy) is 1. The van der Waals surface area contributed by atoms with E-state index in [9.17, 15) is 9.59 Å². The van der Waals surface area contributed by atoms with E-state index in [0.29, 0.717) is 31.0 Å². The van der Waals surface area contributed by atoms with Crippen LogP contribution < -0.4 is 0 Å². The zero-order valence-corrected chi connectivity index (χ0v) is 13.6. The molecule has 0 unspecified atom stereocenters. The van der Waals surface area contributed by atoms with E-state index in [1.165, 1.54) is 5.56 Å². The summed E-state index contributed by atoms with van der Waals surface area (Å²) in [6.45, 7) is 4.66. The number of nitrogens with zero attached hydrogens (tertiary/aromatic N) is 1. The molecular formula is C19H21NO3. The number of benzene rings is 1. The number of carbonyl (C=O) groups is 2. The third-order valence-corrected chi connectivity index (χ3v) is 4.24. The second-order valence-corrected chi connectivity index (χ2v) is 5.97. The Morgan fingerprint density at radius 1 is 1.22 bits per heavy atom. The van der Waals surface area contributed by atoms with Crippen LogP contribution in [0.1, 0.15) is 57.4 Å². The normalized spacial score (nSPS) is 13.7. The molecule has 0 amide bonds. The largest absolute Gasteiger partial charge is 0.461 e. The van der Waals surface area contributed by atoms with E-state index in [1.54, 1.807) is 6.92 Å². The minimum absolute atomic E-state index is 0.119. The highest BCUT2D eigenvalue weighted by atomic mass is 16.5. The van der Waals surface area contributed by atoms with Gasteiger partial charge in [0.05, 0.1) is 12.3 Å². The molecule has 1 aliphatic rings. The molecule has 1 aromatic carbocycles. The molecule has 2 aromatic rings. The summed E-state index contributed by atoms with van der Waals surface area (Å²) in [6, 6.07) is 9.97. The molecular weight excluding hydrogens is 290 g/mol. The number of aromatic nitrogens is 1. The number of fused-ring (bicyclic) bond motifs is 1. The summed E-state index contributed by atoms with van der Waals surface area (Å²) < 4.78 is 7.00. The van der Waals surface area contributed by atoms with Gasteiger partial charge in [-0.1, -0.05) is 29.8 Å².